The first kappa shape index (κ1) is 22.0. The lowest BCUT2D eigenvalue weighted by molar-refractivity contribution is -0.137. The first-order valence-corrected chi connectivity index (χ1v) is 8.80. The van der Waals surface area contributed by atoms with Crippen molar-refractivity contribution in [3.05, 3.63) is 36.1 Å². The Hall–Kier alpha value is -2.09. The average molecular weight is 362 g/mol. The molecule has 1 fully saturated rings. The van der Waals surface area contributed by atoms with Crippen molar-refractivity contribution >= 4 is 18.8 Å². The normalized spacial score (nSPS) is 19.6. The van der Waals surface area contributed by atoms with Crippen LogP contribution >= 0.6 is 0 Å². The van der Waals surface area contributed by atoms with Crippen molar-refractivity contribution in [2.75, 3.05) is 46.6 Å². The Labute approximate surface area is 156 Å². The maximum absolute atomic E-state index is 11.7. The lowest BCUT2D eigenvalue weighted by atomic mass is 10.2. The third kappa shape index (κ3) is 9.41. The summed E-state index contributed by atoms with van der Waals surface area (Å²) in [7, 11) is 1.61. The molecule has 0 unspecified atom stereocenters. The van der Waals surface area contributed by atoms with Gasteiger partial charge in [0.25, 0.3) is 0 Å². The standard InChI is InChI=1S/C19H30N4O3/c1-4-5-6-7-8-10-25-16-22-13-17(12-20-2)14-23-9-11-26-18(15-23)19(24)21-3/h5-8,12-13,18H,2,4,9-11,14-16H2,1,3H3,(H,21,24)/b6-5-,8-7-,17-12+,22-13?/t18-/m0/s1. The molecule has 0 spiro atoms. The fourth-order valence-electron chi connectivity index (χ4n) is 2.33. The van der Waals surface area contributed by atoms with Gasteiger partial charge in [0, 0.05) is 44.7 Å². The Kier molecular flexibility index (Phi) is 11.9. The summed E-state index contributed by atoms with van der Waals surface area (Å²) < 4.78 is 10.9. The maximum Gasteiger partial charge on any atom is 0.250 e. The van der Waals surface area contributed by atoms with Gasteiger partial charge in [-0.1, -0.05) is 31.2 Å². The average Bonchev–Trinajstić information content (AvgIpc) is 2.66. The van der Waals surface area contributed by atoms with Crippen LogP contribution in [0, 0.1) is 0 Å². The predicted molar refractivity (Wildman–Crippen MR) is 106 cm³/mol. The van der Waals surface area contributed by atoms with Crippen molar-refractivity contribution in [1.29, 1.82) is 0 Å². The minimum absolute atomic E-state index is 0.106. The van der Waals surface area contributed by atoms with Crippen LogP contribution in [0.4, 0.5) is 0 Å². The molecule has 0 radical (unpaired) electrons. The van der Waals surface area contributed by atoms with Crippen LogP contribution in [-0.4, -0.2) is 76.5 Å². The number of nitrogens with zero attached hydrogens (tertiary/aromatic N) is 3. The molecule has 7 nitrogen and oxygen atoms in total. The molecule has 0 bridgehead atoms. The number of ether oxygens (including phenoxy) is 2. The second-order valence-corrected chi connectivity index (χ2v) is 5.67. The van der Waals surface area contributed by atoms with Gasteiger partial charge in [-0.15, -0.1) is 0 Å². The van der Waals surface area contributed by atoms with Gasteiger partial charge in [-0.3, -0.25) is 19.7 Å². The lowest BCUT2D eigenvalue weighted by Crippen LogP contribution is -2.49. The van der Waals surface area contributed by atoms with E-state index in [2.05, 4.69) is 39.9 Å². The van der Waals surface area contributed by atoms with E-state index in [1.54, 1.807) is 19.5 Å². The van der Waals surface area contributed by atoms with Crippen molar-refractivity contribution in [3.8, 4) is 0 Å². The van der Waals surface area contributed by atoms with Crippen LogP contribution in [0.3, 0.4) is 0 Å². The number of allylic oxidation sites excluding steroid dienone is 3. The zero-order chi connectivity index (χ0) is 19.0. The van der Waals surface area contributed by atoms with E-state index < -0.39 is 6.10 Å². The molecule has 1 heterocycles. The number of nitrogens with one attached hydrogen (secondary N) is 1. The molecular formula is C19H30N4O3. The summed E-state index contributed by atoms with van der Waals surface area (Å²) in [5.74, 6) is -0.106. The van der Waals surface area contributed by atoms with Crippen LogP contribution in [0.15, 0.2) is 46.1 Å². The SMILES string of the molecule is C=N/C=C(\C=NCOC/C=C\C=C/CC)CN1CCO[C@H](C(=O)NC)C1. The van der Waals surface area contributed by atoms with Crippen molar-refractivity contribution in [1.82, 2.24) is 10.2 Å². The van der Waals surface area contributed by atoms with Gasteiger partial charge in [-0.25, -0.2) is 0 Å². The summed E-state index contributed by atoms with van der Waals surface area (Å²) in [6.07, 6.45) is 12.0. The minimum Gasteiger partial charge on any atom is -0.366 e. The van der Waals surface area contributed by atoms with Crippen molar-refractivity contribution < 1.29 is 14.3 Å². The molecular weight excluding hydrogens is 332 g/mol. The highest BCUT2D eigenvalue weighted by Crippen LogP contribution is 2.08. The summed E-state index contributed by atoms with van der Waals surface area (Å²) in [6, 6.07) is 0. The Morgan fingerprint density at radius 3 is 2.96 bits per heavy atom. The molecule has 1 rings (SSSR count). The second-order valence-electron chi connectivity index (χ2n) is 5.67. The molecule has 0 aromatic heterocycles. The van der Waals surface area contributed by atoms with Gasteiger partial charge in [0.1, 0.15) is 12.8 Å². The molecule has 0 aromatic carbocycles. The molecule has 0 saturated carbocycles. The van der Waals surface area contributed by atoms with E-state index in [9.17, 15) is 4.79 Å². The molecule has 1 aliphatic rings. The van der Waals surface area contributed by atoms with E-state index in [0.717, 1.165) is 18.5 Å². The number of aliphatic imine (C=N–C) groups is 2. The summed E-state index contributed by atoms with van der Waals surface area (Å²) in [4.78, 5) is 22.0. The molecule has 1 saturated heterocycles. The van der Waals surface area contributed by atoms with Crippen molar-refractivity contribution in [2.45, 2.75) is 19.4 Å². The molecule has 1 aliphatic heterocycles. The van der Waals surface area contributed by atoms with E-state index in [0.29, 0.717) is 26.3 Å². The monoisotopic (exact) mass is 362 g/mol. The van der Waals surface area contributed by atoms with Gasteiger partial charge < -0.3 is 14.8 Å². The van der Waals surface area contributed by atoms with Crippen LogP contribution in [0.5, 0.6) is 0 Å². The van der Waals surface area contributed by atoms with E-state index in [1.807, 2.05) is 18.2 Å². The van der Waals surface area contributed by atoms with E-state index >= 15 is 0 Å². The van der Waals surface area contributed by atoms with E-state index in [-0.39, 0.29) is 12.6 Å². The molecule has 0 aromatic rings. The molecule has 1 amide bonds. The largest absolute Gasteiger partial charge is 0.366 e. The lowest BCUT2D eigenvalue weighted by Gasteiger charge is -2.31. The number of hydrogen-bond donors (Lipinski definition) is 1. The summed E-state index contributed by atoms with van der Waals surface area (Å²) >= 11 is 0. The number of carbonyl (C=O) groups excluding carboxylic acids is 1. The van der Waals surface area contributed by atoms with Gasteiger partial charge in [0.05, 0.1) is 13.2 Å². The van der Waals surface area contributed by atoms with Crippen LogP contribution in [0.25, 0.3) is 0 Å². The Bertz CT molecular complexity index is 541. The molecule has 1 N–H and O–H groups in total. The first-order chi connectivity index (χ1) is 12.7. The third-order valence-corrected chi connectivity index (χ3v) is 3.61. The predicted octanol–water partition coefficient (Wildman–Crippen LogP) is 1.58. The molecule has 1 atom stereocenters. The van der Waals surface area contributed by atoms with Crippen LogP contribution in [-0.2, 0) is 14.3 Å². The third-order valence-electron chi connectivity index (χ3n) is 3.61. The van der Waals surface area contributed by atoms with E-state index in [1.165, 1.54) is 0 Å². The number of hydrogen-bond acceptors (Lipinski definition) is 6. The fourth-order valence-corrected chi connectivity index (χ4v) is 2.33. The smallest absolute Gasteiger partial charge is 0.250 e. The number of amides is 1. The van der Waals surface area contributed by atoms with Gasteiger partial charge in [-0.2, -0.15) is 0 Å². The van der Waals surface area contributed by atoms with Crippen LogP contribution < -0.4 is 5.32 Å². The summed E-state index contributed by atoms with van der Waals surface area (Å²) in [5, 5.41) is 2.62. The van der Waals surface area contributed by atoms with Gasteiger partial charge in [0.2, 0.25) is 5.91 Å². The topological polar surface area (TPSA) is 75.5 Å². The number of carbonyl (C=O) groups is 1. The van der Waals surface area contributed by atoms with Crippen molar-refractivity contribution in [2.24, 2.45) is 9.98 Å². The summed E-state index contributed by atoms with van der Waals surface area (Å²) in [5.41, 5.74) is 0.905. The van der Waals surface area contributed by atoms with Crippen molar-refractivity contribution in [3.63, 3.8) is 0 Å². The number of likely N-dealkylation sites (N-methyl/N-ethyl adjacent to an activating group) is 1. The van der Waals surface area contributed by atoms with Gasteiger partial charge in [0.15, 0.2) is 0 Å². The Morgan fingerprint density at radius 2 is 2.23 bits per heavy atom. The van der Waals surface area contributed by atoms with Gasteiger partial charge >= 0.3 is 0 Å². The highest BCUT2D eigenvalue weighted by Gasteiger charge is 2.25. The number of rotatable bonds is 11. The molecule has 0 aliphatic carbocycles. The second kappa shape index (κ2) is 14.1. The maximum atomic E-state index is 11.7. The fraction of sp³-hybridized carbons (Fsp3) is 0.526. The summed E-state index contributed by atoms with van der Waals surface area (Å²) in [6.45, 7) is 8.82. The minimum atomic E-state index is -0.444. The van der Waals surface area contributed by atoms with Gasteiger partial charge in [-0.05, 0) is 13.1 Å². The van der Waals surface area contributed by atoms with Crippen LogP contribution in [0.2, 0.25) is 0 Å². The number of morpholine rings is 1. The van der Waals surface area contributed by atoms with Crippen LogP contribution in [0.1, 0.15) is 13.3 Å². The molecule has 26 heavy (non-hydrogen) atoms. The van der Waals surface area contributed by atoms with E-state index in [4.69, 9.17) is 9.47 Å². The zero-order valence-corrected chi connectivity index (χ0v) is 15.8. The highest BCUT2D eigenvalue weighted by molar-refractivity contribution is 5.81. The quantitative estimate of drug-likeness (QED) is 0.344. The Balaban J connectivity index is 2.40. The molecule has 144 valence electrons. The first-order valence-electron chi connectivity index (χ1n) is 8.80. The molecule has 7 heteroatoms. The Morgan fingerprint density at radius 1 is 1.42 bits per heavy atom. The zero-order valence-electron chi connectivity index (χ0n) is 15.8. The highest BCUT2D eigenvalue weighted by atomic mass is 16.5.